The first-order valence-corrected chi connectivity index (χ1v) is 3.56. The average molecular weight is 191 g/mol. The van der Waals surface area contributed by atoms with Crippen molar-refractivity contribution < 1.29 is 31.3 Å². The molecular formula is C7H10O6. The van der Waals surface area contributed by atoms with E-state index in [-0.39, 0.29) is 0 Å². The zero-order valence-corrected chi connectivity index (χ0v) is 6.54. The van der Waals surface area contributed by atoms with Crippen LogP contribution in [0.15, 0.2) is 6.05 Å². The third kappa shape index (κ3) is 1.64. The maximum absolute atomic E-state index is 10.1. The maximum atomic E-state index is 10.1. The van der Waals surface area contributed by atoms with Crippen LogP contribution < -0.4 is 0 Å². The Morgan fingerprint density at radius 1 is 1.69 bits per heavy atom. The third-order valence-electron chi connectivity index (χ3n) is 1.85. The minimum Gasteiger partial charge on any atom is -0.394 e. The van der Waals surface area contributed by atoms with Crippen molar-refractivity contribution in [2.24, 2.45) is 0 Å². The van der Waals surface area contributed by atoms with Gasteiger partial charge in [0.2, 0.25) is 5.79 Å². The van der Waals surface area contributed by atoms with E-state index in [2.05, 4.69) is 4.74 Å². The Balaban J connectivity index is 2.98. The molecule has 0 amide bonds. The predicted octanol–water partition coefficient (Wildman–Crippen LogP) is -2.82. The summed E-state index contributed by atoms with van der Waals surface area (Å²) >= 11 is 0. The molecule has 6 nitrogen and oxygen atoms in total. The fourth-order valence-corrected chi connectivity index (χ4v) is 1.13. The van der Waals surface area contributed by atoms with Crippen molar-refractivity contribution in [1.29, 1.82) is 0 Å². The van der Waals surface area contributed by atoms with E-state index in [1.165, 1.54) is 0 Å². The Labute approximate surface area is 75.1 Å². The minimum atomic E-state index is -2.59. The summed E-state index contributed by atoms with van der Waals surface area (Å²) in [5.41, 5.74) is 0. The van der Waals surface area contributed by atoms with Gasteiger partial charge in [0.05, 0.1) is 14.0 Å². The van der Waals surface area contributed by atoms with Crippen molar-refractivity contribution in [2.45, 2.75) is 24.1 Å². The van der Waals surface area contributed by atoms with E-state index in [1.807, 2.05) is 0 Å². The summed E-state index contributed by atoms with van der Waals surface area (Å²) in [6.07, 6.45) is -4.64. The van der Waals surface area contributed by atoms with Crippen LogP contribution in [-0.2, 0) is 9.53 Å². The third-order valence-corrected chi connectivity index (χ3v) is 1.85. The average Bonchev–Trinajstić information content (AvgIpc) is 2.42. The van der Waals surface area contributed by atoms with Gasteiger partial charge in [0, 0.05) is 0 Å². The first-order valence-electron chi connectivity index (χ1n) is 4.06. The van der Waals surface area contributed by atoms with Crippen molar-refractivity contribution in [3.8, 4) is 0 Å². The van der Waals surface area contributed by atoms with Gasteiger partial charge >= 0.3 is 0 Å². The first-order chi connectivity index (χ1) is 6.47. The molecule has 0 aromatic rings. The van der Waals surface area contributed by atoms with Crippen molar-refractivity contribution >= 4 is 5.94 Å². The molecule has 6 heteroatoms. The van der Waals surface area contributed by atoms with Crippen LogP contribution >= 0.6 is 0 Å². The van der Waals surface area contributed by atoms with Crippen molar-refractivity contribution in [2.75, 3.05) is 6.61 Å². The van der Waals surface area contributed by atoms with Gasteiger partial charge in [-0.25, -0.2) is 4.79 Å². The van der Waals surface area contributed by atoms with E-state index in [0.717, 1.165) is 5.94 Å². The standard InChI is InChI=1S/C7H10O6/c8-2-1-7(12)6(11)5(10)4(3-9)13-7/h1,4-6,9-12H,3H2/t4-,5-,6-,7?/m1/s1/i1D. The molecule has 4 atom stereocenters. The van der Waals surface area contributed by atoms with Crippen molar-refractivity contribution in [3.05, 3.63) is 6.05 Å². The number of hydrogen-bond acceptors (Lipinski definition) is 6. The van der Waals surface area contributed by atoms with E-state index in [0.29, 0.717) is 0 Å². The summed E-state index contributed by atoms with van der Waals surface area (Å²) < 4.78 is 11.6. The lowest BCUT2D eigenvalue weighted by atomic mass is 10.1. The molecule has 0 bridgehead atoms. The van der Waals surface area contributed by atoms with Gasteiger partial charge in [-0.05, 0) is 0 Å². The van der Waals surface area contributed by atoms with E-state index in [9.17, 15) is 20.1 Å². The molecule has 0 aliphatic carbocycles. The smallest absolute Gasteiger partial charge is 0.226 e. The number of ether oxygens (including phenoxy) is 1. The molecule has 1 fully saturated rings. The summed E-state index contributed by atoms with van der Waals surface area (Å²) in [5, 5.41) is 36.6. The van der Waals surface area contributed by atoms with Gasteiger partial charge in [0.1, 0.15) is 24.3 Å². The summed E-state index contributed by atoms with van der Waals surface area (Å²) in [7, 11) is 0. The van der Waals surface area contributed by atoms with Gasteiger partial charge in [0.25, 0.3) is 0 Å². The predicted molar refractivity (Wildman–Crippen MR) is 39.2 cm³/mol. The second kappa shape index (κ2) is 3.55. The molecule has 1 rings (SSSR count). The van der Waals surface area contributed by atoms with Crippen LogP contribution in [0.4, 0.5) is 0 Å². The molecule has 1 aliphatic heterocycles. The van der Waals surface area contributed by atoms with E-state index >= 15 is 0 Å². The normalized spacial score (nSPS) is 45.5. The SMILES string of the molecule is [2H]C(=C=O)C1(O)O[C@H](CO)[C@@H](O)[C@H]1O. The van der Waals surface area contributed by atoms with Gasteiger partial charge in [-0.2, -0.15) is 0 Å². The topological polar surface area (TPSA) is 107 Å². The van der Waals surface area contributed by atoms with Gasteiger partial charge < -0.3 is 25.2 Å². The van der Waals surface area contributed by atoms with Crippen LogP contribution in [0, 0.1) is 0 Å². The zero-order valence-electron chi connectivity index (χ0n) is 7.54. The highest BCUT2D eigenvalue weighted by molar-refractivity contribution is 5.48. The number of aliphatic hydroxyl groups is 4. The lowest BCUT2D eigenvalue weighted by Crippen LogP contribution is -2.41. The van der Waals surface area contributed by atoms with Gasteiger partial charge in [-0.1, -0.05) is 0 Å². The highest BCUT2D eigenvalue weighted by atomic mass is 16.7. The van der Waals surface area contributed by atoms with Gasteiger partial charge in [-0.15, -0.1) is 0 Å². The molecule has 0 radical (unpaired) electrons. The van der Waals surface area contributed by atoms with Crippen LogP contribution in [0.1, 0.15) is 1.37 Å². The Morgan fingerprint density at radius 3 is 2.69 bits per heavy atom. The monoisotopic (exact) mass is 191 g/mol. The molecule has 1 aliphatic rings. The van der Waals surface area contributed by atoms with Crippen LogP contribution in [0.25, 0.3) is 0 Å². The number of carbonyl (C=O) groups excluding carboxylic acids is 1. The highest BCUT2D eigenvalue weighted by Gasteiger charge is 2.52. The number of hydrogen-bond donors (Lipinski definition) is 4. The summed E-state index contributed by atoms with van der Waals surface area (Å²) in [6, 6.07) is -1.03. The van der Waals surface area contributed by atoms with Crippen LogP contribution in [0.3, 0.4) is 0 Å². The number of aliphatic hydroxyl groups excluding tert-OH is 3. The summed E-state index contributed by atoms with van der Waals surface area (Å²) in [5.74, 6) is -1.54. The zero-order chi connectivity index (χ0) is 10.9. The lowest BCUT2D eigenvalue weighted by molar-refractivity contribution is -0.195. The minimum absolute atomic E-state index is 0.646. The van der Waals surface area contributed by atoms with Gasteiger partial charge in [0.15, 0.2) is 0 Å². The lowest BCUT2D eigenvalue weighted by Gasteiger charge is -2.19. The van der Waals surface area contributed by atoms with Crippen LogP contribution in [0.5, 0.6) is 0 Å². The van der Waals surface area contributed by atoms with Crippen molar-refractivity contribution in [3.63, 3.8) is 0 Å². The molecule has 1 saturated heterocycles. The quantitative estimate of drug-likeness (QED) is 0.351. The molecule has 0 spiro atoms. The fraction of sp³-hybridized carbons (Fsp3) is 0.714. The maximum Gasteiger partial charge on any atom is 0.226 e. The highest BCUT2D eigenvalue weighted by Crippen LogP contribution is 2.29. The molecule has 13 heavy (non-hydrogen) atoms. The Hall–Kier alpha value is -0.750. The molecule has 4 N–H and O–H groups in total. The van der Waals surface area contributed by atoms with Gasteiger partial charge in [-0.3, -0.25) is 0 Å². The summed E-state index contributed by atoms with van der Waals surface area (Å²) in [6.45, 7) is -0.646. The summed E-state index contributed by atoms with van der Waals surface area (Å²) in [4.78, 5) is 10.1. The van der Waals surface area contributed by atoms with E-state index in [4.69, 9.17) is 6.48 Å². The molecule has 0 aromatic heterocycles. The van der Waals surface area contributed by atoms with Crippen LogP contribution in [-0.4, -0.2) is 57.1 Å². The Morgan fingerprint density at radius 2 is 2.31 bits per heavy atom. The Kier molecular flexibility index (Phi) is 2.41. The first kappa shape index (κ1) is 8.83. The van der Waals surface area contributed by atoms with Crippen LogP contribution in [0.2, 0.25) is 0 Å². The molecule has 1 unspecified atom stereocenters. The molecule has 0 aromatic carbocycles. The fourth-order valence-electron chi connectivity index (χ4n) is 1.13. The van der Waals surface area contributed by atoms with E-state index in [1.54, 1.807) is 0 Å². The number of rotatable bonds is 2. The molecule has 1 heterocycles. The molecule has 0 saturated carbocycles. The second-order valence-corrected chi connectivity index (χ2v) is 2.70. The van der Waals surface area contributed by atoms with E-state index < -0.39 is 36.8 Å². The molecular weight excluding hydrogens is 180 g/mol. The van der Waals surface area contributed by atoms with Crippen molar-refractivity contribution in [1.82, 2.24) is 0 Å². The molecule has 74 valence electrons. The Bertz CT molecular complexity index is 275. The largest absolute Gasteiger partial charge is 0.394 e. The second-order valence-electron chi connectivity index (χ2n) is 2.70.